The first-order valence-electron chi connectivity index (χ1n) is 6.37. The molecule has 0 amide bonds. The normalized spacial score (nSPS) is 21.6. The number of aliphatic hydroxyl groups is 1. The molecule has 2 atom stereocenters. The van der Waals surface area contributed by atoms with Gasteiger partial charge in [0, 0.05) is 16.6 Å². The summed E-state index contributed by atoms with van der Waals surface area (Å²) in [5.41, 5.74) is 0.880. The molecule has 104 valence electrons. The number of benzene rings is 1. The number of carbonyl (C=O) groups excluding carboxylic acids is 1. The maximum atomic E-state index is 11.8. The number of nitrogens with zero attached hydrogens (tertiary/aromatic N) is 1. The van der Waals surface area contributed by atoms with Crippen molar-refractivity contribution >= 4 is 29.0 Å². The molecule has 0 bridgehead atoms. The Bertz CT molecular complexity index is 479. The summed E-state index contributed by atoms with van der Waals surface area (Å²) in [6.07, 6.45) is 1.61. The molecule has 1 fully saturated rings. The first-order chi connectivity index (χ1) is 8.99. The van der Waals surface area contributed by atoms with Crippen LogP contribution in [0.1, 0.15) is 25.3 Å². The largest absolute Gasteiger partial charge is 0.378 e. The number of likely N-dealkylation sites (tertiary alicyclic amines) is 1. The second-order valence-corrected chi connectivity index (χ2v) is 5.77. The zero-order valence-electron chi connectivity index (χ0n) is 10.8. The van der Waals surface area contributed by atoms with Crippen molar-refractivity contribution in [2.45, 2.75) is 38.5 Å². The van der Waals surface area contributed by atoms with Gasteiger partial charge in [-0.25, -0.2) is 0 Å². The van der Waals surface area contributed by atoms with Gasteiger partial charge in [0.15, 0.2) is 0 Å². The number of aliphatic hydroxyl groups excluding tert-OH is 1. The summed E-state index contributed by atoms with van der Waals surface area (Å²) >= 11 is 12.0. The van der Waals surface area contributed by atoms with Crippen LogP contribution in [-0.4, -0.2) is 34.6 Å². The zero-order valence-corrected chi connectivity index (χ0v) is 12.3. The summed E-state index contributed by atoms with van der Waals surface area (Å²) in [7, 11) is 0. The third-order valence-electron chi connectivity index (χ3n) is 3.56. The van der Waals surface area contributed by atoms with E-state index in [0.717, 1.165) is 24.9 Å². The molecule has 0 spiro atoms. The topological polar surface area (TPSA) is 40.5 Å². The Morgan fingerprint density at radius 1 is 1.53 bits per heavy atom. The molecule has 1 aromatic rings. The standard InChI is InChI=1S/C14H17Cl2NO2/c1-9(18)13(17-6-2-3-14(17)19)7-10-4-5-11(15)8-12(10)16/h4-5,8,13-14,19H,2-3,6-7H2,1H3/t13-,14?/m1/s1. The molecule has 19 heavy (non-hydrogen) atoms. The third-order valence-corrected chi connectivity index (χ3v) is 4.15. The van der Waals surface area contributed by atoms with E-state index in [1.807, 2.05) is 11.0 Å². The van der Waals surface area contributed by atoms with Gasteiger partial charge in [0.1, 0.15) is 12.0 Å². The molecule has 2 rings (SSSR count). The number of ketones is 1. The smallest absolute Gasteiger partial charge is 0.147 e. The summed E-state index contributed by atoms with van der Waals surface area (Å²) in [6, 6.07) is 4.95. The Labute approximate surface area is 123 Å². The molecule has 1 aliphatic rings. The van der Waals surface area contributed by atoms with Crippen molar-refractivity contribution in [3.8, 4) is 0 Å². The second kappa shape index (κ2) is 6.23. The Hall–Kier alpha value is -0.610. The summed E-state index contributed by atoms with van der Waals surface area (Å²) in [4.78, 5) is 13.7. The molecule has 1 heterocycles. The highest BCUT2D eigenvalue weighted by Crippen LogP contribution is 2.26. The van der Waals surface area contributed by atoms with E-state index in [1.54, 1.807) is 19.1 Å². The highest BCUT2D eigenvalue weighted by atomic mass is 35.5. The molecule has 1 aromatic carbocycles. The summed E-state index contributed by atoms with van der Waals surface area (Å²) in [5, 5.41) is 11.1. The van der Waals surface area contributed by atoms with Crippen molar-refractivity contribution < 1.29 is 9.90 Å². The number of carbonyl (C=O) groups is 1. The molecule has 1 saturated heterocycles. The quantitative estimate of drug-likeness (QED) is 0.929. The molecule has 3 nitrogen and oxygen atoms in total. The highest BCUT2D eigenvalue weighted by molar-refractivity contribution is 6.35. The Morgan fingerprint density at radius 2 is 2.26 bits per heavy atom. The zero-order chi connectivity index (χ0) is 14.0. The van der Waals surface area contributed by atoms with E-state index in [0.29, 0.717) is 16.5 Å². The van der Waals surface area contributed by atoms with Crippen molar-refractivity contribution in [1.29, 1.82) is 0 Å². The molecule has 0 radical (unpaired) electrons. The van der Waals surface area contributed by atoms with Crippen LogP contribution in [0.4, 0.5) is 0 Å². The lowest BCUT2D eigenvalue weighted by Crippen LogP contribution is -2.44. The minimum absolute atomic E-state index is 0.0481. The van der Waals surface area contributed by atoms with E-state index in [2.05, 4.69) is 0 Å². The first-order valence-corrected chi connectivity index (χ1v) is 7.13. The molecule has 0 saturated carbocycles. The van der Waals surface area contributed by atoms with E-state index in [9.17, 15) is 9.90 Å². The van der Waals surface area contributed by atoms with Gasteiger partial charge in [-0.05, 0) is 43.9 Å². The van der Waals surface area contributed by atoms with Gasteiger partial charge in [-0.3, -0.25) is 9.69 Å². The van der Waals surface area contributed by atoms with Crippen molar-refractivity contribution in [1.82, 2.24) is 4.90 Å². The van der Waals surface area contributed by atoms with E-state index >= 15 is 0 Å². The van der Waals surface area contributed by atoms with Crippen LogP contribution in [0, 0.1) is 0 Å². The van der Waals surface area contributed by atoms with E-state index in [-0.39, 0.29) is 11.8 Å². The van der Waals surface area contributed by atoms with Crippen LogP contribution in [0.3, 0.4) is 0 Å². The van der Waals surface area contributed by atoms with Gasteiger partial charge in [0.2, 0.25) is 0 Å². The lowest BCUT2D eigenvalue weighted by atomic mass is 10.0. The SMILES string of the molecule is CC(=O)[C@@H](Cc1ccc(Cl)cc1Cl)N1CCCC1O. The fraction of sp³-hybridized carbons (Fsp3) is 0.500. The number of hydrogen-bond donors (Lipinski definition) is 1. The molecule has 1 N–H and O–H groups in total. The predicted molar refractivity (Wildman–Crippen MR) is 76.6 cm³/mol. The lowest BCUT2D eigenvalue weighted by molar-refractivity contribution is -0.125. The number of rotatable bonds is 4. The van der Waals surface area contributed by atoms with Gasteiger partial charge in [0.25, 0.3) is 0 Å². The maximum Gasteiger partial charge on any atom is 0.147 e. The highest BCUT2D eigenvalue weighted by Gasteiger charge is 2.32. The summed E-state index contributed by atoms with van der Waals surface area (Å²) < 4.78 is 0. The van der Waals surface area contributed by atoms with Gasteiger partial charge in [0.05, 0.1) is 6.04 Å². The molecule has 1 unspecified atom stereocenters. The Kier molecular flexibility index (Phi) is 4.85. The third kappa shape index (κ3) is 3.48. The van der Waals surface area contributed by atoms with E-state index in [1.165, 1.54) is 0 Å². The number of hydrogen-bond acceptors (Lipinski definition) is 3. The first kappa shape index (κ1) is 14.8. The van der Waals surface area contributed by atoms with Crippen molar-refractivity contribution in [3.63, 3.8) is 0 Å². The van der Waals surface area contributed by atoms with Crippen LogP contribution in [0.2, 0.25) is 10.0 Å². The molecule has 0 aromatic heterocycles. The van der Waals surface area contributed by atoms with Crippen molar-refractivity contribution in [2.24, 2.45) is 0 Å². The van der Waals surface area contributed by atoms with Crippen molar-refractivity contribution in [3.05, 3.63) is 33.8 Å². The van der Waals surface area contributed by atoms with Gasteiger partial charge in [-0.2, -0.15) is 0 Å². The maximum absolute atomic E-state index is 11.8. The number of Topliss-reactive ketones (excluding diaryl/α,β-unsaturated/α-hetero) is 1. The van der Waals surface area contributed by atoms with Crippen LogP contribution < -0.4 is 0 Å². The predicted octanol–water partition coefficient (Wildman–Crippen LogP) is 2.91. The summed E-state index contributed by atoms with van der Waals surface area (Å²) in [6.45, 7) is 2.30. The van der Waals surface area contributed by atoms with E-state index < -0.39 is 6.23 Å². The lowest BCUT2D eigenvalue weighted by Gasteiger charge is -2.28. The number of halogens is 2. The van der Waals surface area contributed by atoms with Crippen LogP contribution in [0.5, 0.6) is 0 Å². The van der Waals surface area contributed by atoms with Gasteiger partial charge in [-0.15, -0.1) is 0 Å². The van der Waals surface area contributed by atoms with Crippen LogP contribution in [0.15, 0.2) is 18.2 Å². The fourth-order valence-corrected chi connectivity index (χ4v) is 3.01. The minimum atomic E-state index is -0.528. The monoisotopic (exact) mass is 301 g/mol. The molecule has 1 aliphatic heterocycles. The van der Waals surface area contributed by atoms with Crippen LogP contribution in [-0.2, 0) is 11.2 Å². The second-order valence-electron chi connectivity index (χ2n) is 4.93. The molecule has 5 heteroatoms. The average molecular weight is 302 g/mol. The van der Waals surface area contributed by atoms with E-state index in [4.69, 9.17) is 23.2 Å². The minimum Gasteiger partial charge on any atom is -0.378 e. The van der Waals surface area contributed by atoms with Crippen molar-refractivity contribution in [2.75, 3.05) is 6.54 Å². The van der Waals surface area contributed by atoms with Gasteiger partial charge < -0.3 is 5.11 Å². The fourth-order valence-electron chi connectivity index (χ4n) is 2.52. The van der Waals surface area contributed by atoms with Crippen LogP contribution in [0.25, 0.3) is 0 Å². The Morgan fingerprint density at radius 3 is 2.79 bits per heavy atom. The molecule has 0 aliphatic carbocycles. The van der Waals surface area contributed by atoms with Gasteiger partial charge in [-0.1, -0.05) is 29.3 Å². The van der Waals surface area contributed by atoms with Gasteiger partial charge >= 0.3 is 0 Å². The Balaban J connectivity index is 2.19. The average Bonchev–Trinajstić information content (AvgIpc) is 2.74. The summed E-state index contributed by atoms with van der Waals surface area (Å²) in [5.74, 6) is 0.0481. The molecular weight excluding hydrogens is 285 g/mol. The molecular formula is C14H17Cl2NO2. The van der Waals surface area contributed by atoms with Crippen LogP contribution >= 0.6 is 23.2 Å².